The molecule has 0 bridgehead atoms. The van der Waals surface area contributed by atoms with Crippen LogP contribution in [0.15, 0.2) is 46.5 Å². The Labute approximate surface area is 143 Å². The van der Waals surface area contributed by atoms with Gasteiger partial charge in [0.25, 0.3) is 5.91 Å². The van der Waals surface area contributed by atoms with Crippen molar-refractivity contribution in [3.05, 3.63) is 53.4 Å². The maximum atomic E-state index is 11.8. The van der Waals surface area contributed by atoms with E-state index in [0.717, 1.165) is 10.5 Å². The molecule has 7 nitrogen and oxygen atoms in total. The van der Waals surface area contributed by atoms with Gasteiger partial charge in [-0.3, -0.25) is 9.69 Å². The molecule has 0 aliphatic carbocycles. The van der Waals surface area contributed by atoms with E-state index in [0.29, 0.717) is 23.7 Å². The van der Waals surface area contributed by atoms with E-state index in [1.165, 1.54) is 13.1 Å². The number of likely N-dealkylation sites (N-methyl/N-ethyl adjacent to an activating group) is 1. The predicted octanol–water partition coefficient (Wildman–Crippen LogP) is 2.65. The van der Waals surface area contributed by atoms with E-state index in [-0.39, 0.29) is 11.7 Å². The number of esters is 1. The largest absolute Gasteiger partial charge is 0.462 e. The minimum atomic E-state index is -0.474. The Hall–Kier alpha value is -3.35. The normalized spacial score (nSPS) is 15.6. The van der Waals surface area contributed by atoms with Crippen molar-refractivity contribution < 1.29 is 23.5 Å². The van der Waals surface area contributed by atoms with E-state index < -0.39 is 11.9 Å². The zero-order valence-electron chi connectivity index (χ0n) is 13.7. The van der Waals surface area contributed by atoms with Crippen molar-refractivity contribution in [2.45, 2.75) is 6.92 Å². The lowest BCUT2D eigenvalue weighted by Crippen LogP contribution is -2.25. The van der Waals surface area contributed by atoms with Gasteiger partial charge in [-0.2, -0.15) is 0 Å². The van der Waals surface area contributed by atoms with Gasteiger partial charge < -0.3 is 14.5 Å². The molecule has 128 valence electrons. The summed E-state index contributed by atoms with van der Waals surface area (Å²) < 4.78 is 10.6. The summed E-state index contributed by atoms with van der Waals surface area (Å²) in [5.41, 5.74) is 1.39. The van der Waals surface area contributed by atoms with Gasteiger partial charge in [-0.1, -0.05) is 12.1 Å². The highest BCUT2D eigenvalue weighted by Crippen LogP contribution is 2.24. The van der Waals surface area contributed by atoms with Gasteiger partial charge in [-0.15, -0.1) is 0 Å². The van der Waals surface area contributed by atoms with Crippen molar-refractivity contribution in [2.24, 2.45) is 0 Å². The maximum absolute atomic E-state index is 11.8. The van der Waals surface area contributed by atoms with Crippen LogP contribution in [0.2, 0.25) is 0 Å². The molecule has 3 rings (SSSR count). The lowest BCUT2D eigenvalue weighted by Gasteiger charge is -2.02. The number of urea groups is 1. The van der Waals surface area contributed by atoms with Gasteiger partial charge in [-0.25, -0.2) is 9.59 Å². The van der Waals surface area contributed by atoms with Crippen LogP contribution in [-0.4, -0.2) is 36.5 Å². The van der Waals surface area contributed by atoms with E-state index in [4.69, 9.17) is 9.15 Å². The number of imide groups is 1. The molecule has 1 aliphatic rings. The Morgan fingerprint density at radius 1 is 1.20 bits per heavy atom. The lowest BCUT2D eigenvalue weighted by atomic mass is 10.1. The molecule has 0 unspecified atom stereocenters. The average Bonchev–Trinajstić information content (AvgIpc) is 3.17. The molecular formula is C18H16N2O5. The van der Waals surface area contributed by atoms with Crippen LogP contribution in [-0.2, 0) is 9.53 Å². The number of rotatable bonds is 4. The van der Waals surface area contributed by atoms with Gasteiger partial charge in [0.05, 0.1) is 12.2 Å². The van der Waals surface area contributed by atoms with Crippen molar-refractivity contribution >= 4 is 24.0 Å². The first-order valence-electron chi connectivity index (χ1n) is 7.67. The molecule has 2 heterocycles. The van der Waals surface area contributed by atoms with Gasteiger partial charge in [0, 0.05) is 18.7 Å². The van der Waals surface area contributed by atoms with Gasteiger partial charge in [0.15, 0.2) is 0 Å². The number of benzene rings is 1. The summed E-state index contributed by atoms with van der Waals surface area (Å²) in [5.74, 6) is 0.219. The number of carbonyl (C=O) groups is 3. The molecule has 1 aromatic heterocycles. The fraction of sp³-hybridized carbons (Fsp3) is 0.167. The topological polar surface area (TPSA) is 88.9 Å². The van der Waals surface area contributed by atoms with Gasteiger partial charge in [-0.05, 0) is 31.2 Å². The van der Waals surface area contributed by atoms with Gasteiger partial charge >= 0.3 is 12.0 Å². The molecule has 3 amide bonds. The van der Waals surface area contributed by atoms with Crippen LogP contribution in [0, 0.1) is 0 Å². The molecule has 0 radical (unpaired) electrons. The van der Waals surface area contributed by atoms with E-state index in [1.54, 1.807) is 43.3 Å². The fourth-order valence-corrected chi connectivity index (χ4v) is 2.34. The molecule has 1 aliphatic heterocycles. The van der Waals surface area contributed by atoms with Crippen LogP contribution in [0.5, 0.6) is 0 Å². The van der Waals surface area contributed by atoms with Crippen molar-refractivity contribution in [1.29, 1.82) is 0 Å². The van der Waals surface area contributed by atoms with Crippen LogP contribution < -0.4 is 5.32 Å². The maximum Gasteiger partial charge on any atom is 0.338 e. The van der Waals surface area contributed by atoms with Crippen LogP contribution in [0.1, 0.15) is 23.0 Å². The van der Waals surface area contributed by atoms with Crippen molar-refractivity contribution in [1.82, 2.24) is 10.2 Å². The molecular weight excluding hydrogens is 324 g/mol. The summed E-state index contributed by atoms with van der Waals surface area (Å²) in [6, 6.07) is 9.78. The first-order valence-corrected chi connectivity index (χ1v) is 7.67. The van der Waals surface area contributed by atoms with Gasteiger partial charge in [0.1, 0.15) is 17.2 Å². The summed E-state index contributed by atoms with van der Waals surface area (Å²) in [5, 5.41) is 2.47. The molecule has 0 spiro atoms. The van der Waals surface area contributed by atoms with Crippen LogP contribution in [0.3, 0.4) is 0 Å². The van der Waals surface area contributed by atoms with E-state index in [1.807, 2.05) is 0 Å². The van der Waals surface area contributed by atoms with Crippen molar-refractivity contribution in [3.8, 4) is 11.3 Å². The predicted molar refractivity (Wildman–Crippen MR) is 89.4 cm³/mol. The highest BCUT2D eigenvalue weighted by atomic mass is 16.5. The van der Waals surface area contributed by atoms with E-state index in [9.17, 15) is 14.4 Å². The fourth-order valence-electron chi connectivity index (χ4n) is 2.34. The minimum Gasteiger partial charge on any atom is -0.462 e. The number of carbonyl (C=O) groups excluding carboxylic acids is 3. The zero-order chi connectivity index (χ0) is 18.0. The number of hydrogen-bond donors (Lipinski definition) is 1. The summed E-state index contributed by atoms with van der Waals surface area (Å²) in [6.45, 7) is 2.07. The quantitative estimate of drug-likeness (QED) is 0.525. The van der Waals surface area contributed by atoms with Crippen molar-refractivity contribution in [3.63, 3.8) is 0 Å². The standard InChI is InChI=1S/C18H16N2O5/c1-3-24-17(22)12-6-4-11(5-7-12)15-9-8-13(25-15)10-14-16(21)20(2)18(23)19-14/h4-10H,3H2,1-2H3,(H,19,23)/b14-10+. The molecule has 1 saturated heterocycles. The molecule has 0 saturated carbocycles. The van der Waals surface area contributed by atoms with Crippen LogP contribution >= 0.6 is 0 Å². The molecule has 25 heavy (non-hydrogen) atoms. The Kier molecular flexibility index (Phi) is 4.38. The third-order valence-corrected chi connectivity index (χ3v) is 3.68. The molecule has 1 aromatic carbocycles. The van der Waals surface area contributed by atoms with E-state index >= 15 is 0 Å². The Morgan fingerprint density at radius 3 is 2.52 bits per heavy atom. The third kappa shape index (κ3) is 3.30. The number of nitrogens with zero attached hydrogens (tertiary/aromatic N) is 1. The molecule has 2 aromatic rings. The van der Waals surface area contributed by atoms with Gasteiger partial charge in [0.2, 0.25) is 0 Å². The van der Waals surface area contributed by atoms with Crippen molar-refractivity contribution in [2.75, 3.05) is 13.7 Å². The Morgan fingerprint density at radius 2 is 1.92 bits per heavy atom. The number of ether oxygens (including phenoxy) is 1. The summed E-state index contributed by atoms with van der Waals surface area (Å²) >= 11 is 0. The lowest BCUT2D eigenvalue weighted by molar-refractivity contribution is -0.121. The number of furan rings is 1. The molecule has 1 fully saturated rings. The van der Waals surface area contributed by atoms with Crippen LogP contribution in [0.25, 0.3) is 17.4 Å². The Balaban J connectivity index is 1.79. The smallest absolute Gasteiger partial charge is 0.338 e. The third-order valence-electron chi connectivity index (χ3n) is 3.68. The summed E-state index contributed by atoms with van der Waals surface area (Å²) in [6.07, 6.45) is 1.47. The van der Waals surface area contributed by atoms with E-state index in [2.05, 4.69) is 5.32 Å². The number of nitrogens with one attached hydrogen (secondary N) is 1. The molecule has 0 atom stereocenters. The number of hydrogen-bond acceptors (Lipinski definition) is 5. The monoisotopic (exact) mass is 340 g/mol. The van der Waals surface area contributed by atoms with Crippen LogP contribution in [0.4, 0.5) is 4.79 Å². The highest BCUT2D eigenvalue weighted by Gasteiger charge is 2.30. The second kappa shape index (κ2) is 6.64. The molecule has 1 N–H and O–H groups in total. The molecule has 7 heteroatoms. The Bertz CT molecular complexity index is 864. The summed E-state index contributed by atoms with van der Waals surface area (Å²) in [7, 11) is 1.40. The summed E-state index contributed by atoms with van der Waals surface area (Å²) in [4.78, 5) is 35.9. The first-order chi connectivity index (χ1) is 12.0. The first kappa shape index (κ1) is 16.5. The zero-order valence-corrected chi connectivity index (χ0v) is 13.7. The number of amides is 3. The average molecular weight is 340 g/mol. The second-order valence-electron chi connectivity index (χ2n) is 5.35. The SMILES string of the molecule is CCOC(=O)c1ccc(-c2ccc(/C=C3/NC(=O)N(C)C3=O)o2)cc1. The highest BCUT2D eigenvalue weighted by molar-refractivity contribution is 6.13. The second-order valence-corrected chi connectivity index (χ2v) is 5.35. The minimum absolute atomic E-state index is 0.158.